The molecule has 0 aromatic carbocycles. The first-order chi connectivity index (χ1) is 21.2. The Bertz CT molecular complexity index is 1720. The monoisotopic (exact) mass is 575 g/mol. The highest BCUT2D eigenvalue weighted by atomic mass is 16.5. The van der Waals surface area contributed by atoms with Gasteiger partial charge in [-0.25, -0.2) is 19.7 Å². The van der Waals surface area contributed by atoms with E-state index >= 15 is 0 Å². The molecule has 0 aliphatic carbocycles. The molecule has 4 aromatic rings. The SMILES string of the molecule is [2H]C([2H])([2H])NC(=O)c1nnc(Nc2ccc(N3CCN(C(C)(C)C)C3=O)cn2)cc1Nc1nccc(-c2ncn(C)n2)c1OC. The van der Waals surface area contributed by atoms with E-state index in [9.17, 15) is 9.59 Å². The van der Waals surface area contributed by atoms with Gasteiger partial charge in [0.1, 0.15) is 12.1 Å². The second-order valence-electron chi connectivity index (χ2n) is 10.3. The van der Waals surface area contributed by atoms with Crippen LogP contribution in [-0.4, -0.2) is 84.5 Å². The molecule has 0 bridgehead atoms. The van der Waals surface area contributed by atoms with E-state index in [1.54, 1.807) is 41.2 Å². The van der Waals surface area contributed by atoms with Crippen molar-refractivity contribution in [1.29, 1.82) is 0 Å². The van der Waals surface area contributed by atoms with Crippen LogP contribution in [0.2, 0.25) is 0 Å². The molecule has 1 saturated heterocycles. The summed E-state index contributed by atoms with van der Waals surface area (Å²) in [4.78, 5) is 42.3. The number of nitrogens with zero attached hydrogens (tertiary/aromatic N) is 9. The fourth-order valence-electron chi connectivity index (χ4n) is 4.43. The number of carbonyl (C=O) groups excluding carboxylic acids is 2. The zero-order valence-corrected chi connectivity index (χ0v) is 23.7. The molecule has 1 aliphatic heterocycles. The average molecular weight is 576 g/mol. The van der Waals surface area contributed by atoms with Crippen LogP contribution in [0.15, 0.2) is 43.0 Å². The quantitative estimate of drug-likeness (QED) is 0.282. The Hall–Kier alpha value is -5.34. The van der Waals surface area contributed by atoms with Gasteiger partial charge in [0, 0.05) is 49.0 Å². The minimum absolute atomic E-state index is 0.0766. The van der Waals surface area contributed by atoms with Crippen molar-refractivity contribution in [2.24, 2.45) is 7.05 Å². The van der Waals surface area contributed by atoms with E-state index in [1.807, 2.05) is 26.1 Å². The fourth-order valence-corrected chi connectivity index (χ4v) is 4.43. The van der Waals surface area contributed by atoms with Gasteiger partial charge >= 0.3 is 6.03 Å². The zero-order valence-electron chi connectivity index (χ0n) is 26.7. The summed E-state index contributed by atoms with van der Waals surface area (Å²) in [5.41, 5.74) is 0.640. The minimum atomic E-state index is -2.76. The Kier molecular flexibility index (Phi) is 6.56. The van der Waals surface area contributed by atoms with Gasteiger partial charge in [0.15, 0.2) is 28.9 Å². The molecule has 5 heterocycles. The molecule has 1 aliphatic rings. The molecular formula is C27H32N12O3. The Labute approximate surface area is 246 Å². The van der Waals surface area contributed by atoms with Gasteiger partial charge in [-0.2, -0.15) is 5.10 Å². The third kappa shape index (κ3) is 5.61. The maximum Gasteiger partial charge on any atom is 0.325 e. The van der Waals surface area contributed by atoms with Gasteiger partial charge in [-0.1, -0.05) is 0 Å². The van der Waals surface area contributed by atoms with Crippen molar-refractivity contribution in [2.75, 3.05) is 42.7 Å². The van der Waals surface area contributed by atoms with Crippen molar-refractivity contribution < 1.29 is 18.4 Å². The van der Waals surface area contributed by atoms with Crippen molar-refractivity contribution in [2.45, 2.75) is 26.3 Å². The number of anilines is 5. The van der Waals surface area contributed by atoms with Crippen LogP contribution in [0.1, 0.15) is 35.4 Å². The number of ether oxygens (including phenoxy) is 1. The molecule has 3 amide bonds. The number of methoxy groups -OCH3 is 1. The lowest BCUT2D eigenvalue weighted by Gasteiger charge is -2.31. The molecule has 0 radical (unpaired) electrons. The summed E-state index contributed by atoms with van der Waals surface area (Å²) in [6.07, 6.45) is 4.61. The van der Waals surface area contributed by atoms with Gasteiger partial charge in [0.05, 0.1) is 30.2 Å². The third-order valence-corrected chi connectivity index (χ3v) is 6.46. The molecule has 0 spiro atoms. The van der Waals surface area contributed by atoms with Gasteiger partial charge in [-0.3, -0.25) is 14.4 Å². The second-order valence-corrected chi connectivity index (χ2v) is 10.3. The minimum Gasteiger partial charge on any atom is -0.492 e. The molecule has 3 N–H and O–H groups in total. The van der Waals surface area contributed by atoms with E-state index in [0.717, 1.165) is 0 Å². The first-order valence-electron chi connectivity index (χ1n) is 14.4. The number of aryl methyl sites for hydroxylation is 1. The normalized spacial score (nSPS) is 14.7. The summed E-state index contributed by atoms with van der Waals surface area (Å²) in [7, 11) is 3.17. The number of nitrogens with one attached hydrogen (secondary N) is 3. The van der Waals surface area contributed by atoms with Crippen molar-refractivity contribution >= 4 is 40.8 Å². The van der Waals surface area contributed by atoms with Gasteiger partial charge in [0.25, 0.3) is 5.91 Å². The molecule has 4 aromatic heterocycles. The predicted molar refractivity (Wildman–Crippen MR) is 156 cm³/mol. The number of hydrogen-bond donors (Lipinski definition) is 3. The highest BCUT2D eigenvalue weighted by Crippen LogP contribution is 2.35. The standard InChI is InChI=1S/C27H32N12O3/c1-27(2,3)39-12-11-38(26(39)41)16-7-8-19(30-14-16)33-20-13-18(21(35-34-20)25(40)28-4)32-24-22(42-6)17(9-10-29-24)23-31-15-37(5)36-23/h7-10,13-15H,11-12H2,1-6H3,(H,28,40)(H2,29,30,32,33,34)/i4D3. The second kappa shape index (κ2) is 11.3. The molecule has 218 valence electrons. The van der Waals surface area contributed by atoms with Crippen LogP contribution < -0.4 is 25.6 Å². The van der Waals surface area contributed by atoms with Crippen molar-refractivity contribution in [1.82, 2.24) is 45.1 Å². The summed E-state index contributed by atoms with van der Waals surface area (Å²) < 4.78 is 29.5. The van der Waals surface area contributed by atoms with Gasteiger partial charge < -0.3 is 25.6 Å². The molecule has 1 fully saturated rings. The Morgan fingerprint density at radius 1 is 1.07 bits per heavy atom. The van der Waals surface area contributed by atoms with Crippen molar-refractivity contribution in [3.05, 3.63) is 48.7 Å². The molecule has 15 heteroatoms. The van der Waals surface area contributed by atoms with Crippen molar-refractivity contribution in [3.8, 4) is 17.1 Å². The van der Waals surface area contributed by atoms with Crippen LogP contribution in [0, 0.1) is 0 Å². The zero-order chi connectivity index (χ0) is 32.5. The fraction of sp³-hybridized carbons (Fsp3) is 0.333. The number of hydrogen-bond acceptors (Lipinski definition) is 11. The number of amides is 3. The van der Waals surface area contributed by atoms with Gasteiger partial charge in [0.2, 0.25) is 0 Å². The molecule has 0 unspecified atom stereocenters. The molecule has 42 heavy (non-hydrogen) atoms. The number of rotatable bonds is 8. The largest absolute Gasteiger partial charge is 0.492 e. The first-order valence-corrected chi connectivity index (χ1v) is 12.9. The summed E-state index contributed by atoms with van der Waals surface area (Å²) in [6.45, 7) is 4.35. The number of urea groups is 1. The highest BCUT2D eigenvalue weighted by Gasteiger charge is 2.36. The van der Waals surface area contributed by atoms with Crippen LogP contribution >= 0.6 is 0 Å². The lowest BCUT2D eigenvalue weighted by molar-refractivity contribution is 0.0958. The van der Waals surface area contributed by atoms with Crippen LogP contribution in [0.3, 0.4) is 0 Å². The van der Waals surface area contributed by atoms with Crippen LogP contribution in [0.25, 0.3) is 11.4 Å². The molecule has 0 saturated carbocycles. The third-order valence-electron chi connectivity index (χ3n) is 6.46. The molecule has 0 atom stereocenters. The van der Waals surface area contributed by atoms with E-state index in [1.165, 1.54) is 30.4 Å². The smallest absolute Gasteiger partial charge is 0.325 e. The number of aromatic nitrogens is 7. The maximum absolute atomic E-state index is 12.9. The summed E-state index contributed by atoms with van der Waals surface area (Å²) >= 11 is 0. The van der Waals surface area contributed by atoms with E-state index in [0.29, 0.717) is 36.0 Å². The topological polar surface area (TPSA) is 168 Å². The number of carbonyl (C=O) groups is 2. The highest BCUT2D eigenvalue weighted by molar-refractivity contribution is 5.98. The van der Waals surface area contributed by atoms with Crippen LogP contribution in [-0.2, 0) is 7.05 Å². The summed E-state index contributed by atoms with van der Waals surface area (Å²) in [5.74, 6) is 0.423. The van der Waals surface area contributed by atoms with Gasteiger partial charge in [-0.05, 0) is 39.0 Å². The Morgan fingerprint density at radius 3 is 2.55 bits per heavy atom. The summed E-state index contributed by atoms with van der Waals surface area (Å²) in [6, 6.07) is 6.47. The summed E-state index contributed by atoms with van der Waals surface area (Å²) in [5, 5.41) is 20.3. The van der Waals surface area contributed by atoms with Gasteiger partial charge in [-0.15, -0.1) is 10.2 Å². The van der Waals surface area contributed by atoms with E-state index < -0.39 is 12.9 Å². The number of pyridine rings is 2. The predicted octanol–water partition coefficient (Wildman–Crippen LogP) is 2.96. The van der Waals surface area contributed by atoms with E-state index in [-0.39, 0.29) is 40.3 Å². The van der Waals surface area contributed by atoms with Crippen molar-refractivity contribution in [3.63, 3.8) is 0 Å². The van der Waals surface area contributed by atoms with Crippen LogP contribution in [0.5, 0.6) is 5.75 Å². The van der Waals surface area contributed by atoms with E-state index in [4.69, 9.17) is 8.85 Å². The first kappa shape index (κ1) is 24.5. The lowest BCUT2D eigenvalue weighted by Crippen LogP contribution is -2.44. The lowest BCUT2D eigenvalue weighted by atomic mass is 10.1. The van der Waals surface area contributed by atoms with Crippen LogP contribution in [0.4, 0.5) is 33.6 Å². The maximum atomic E-state index is 12.9. The Balaban J connectivity index is 1.43. The molecule has 15 nitrogen and oxygen atoms in total. The van der Waals surface area contributed by atoms with E-state index in [2.05, 4.69) is 40.9 Å². The average Bonchev–Trinajstić information content (AvgIpc) is 3.58. The molecular weight excluding hydrogens is 540 g/mol. The molecule has 5 rings (SSSR count). The Morgan fingerprint density at radius 2 is 1.90 bits per heavy atom.